The van der Waals surface area contributed by atoms with Crippen molar-refractivity contribution in [2.24, 2.45) is 11.8 Å². The number of piperidine rings is 1. The first-order chi connectivity index (χ1) is 11.2. The molecule has 23 heavy (non-hydrogen) atoms. The lowest BCUT2D eigenvalue weighted by atomic mass is 9.79. The average Bonchev–Trinajstić information content (AvgIpc) is 3.27. The summed E-state index contributed by atoms with van der Waals surface area (Å²) in [6, 6.07) is 4.89. The molecule has 3 fully saturated rings. The Morgan fingerprint density at radius 3 is 2.96 bits per heavy atom. The molecule has 0 spiro atoms. The van der Waals surface area contributed by atoms with E-state index in [4.69, 9.17) is 4.74 Å². The van der Waals surface area contributed by atoms with Gasteiger partial charge in [-0.25, -0.2) is 0 Å². The molecule has 5 heteroatoms. The molecule has 4 nitrogen and oxygen atoms in total. The summed E-state index contributed by atoms with van der Waals surface area (Å²) in [5.74, 6) is 0.777. The first-order valence-corrected chi connectivity index (χ1v) is 9.70. The van der Waals surface area contributed by atoms with E-state index < -0.39 is 0 Å². The van der Waals surface area contributed by atoms with Crippen molar-refractivity contribution in [2.75, 3.05) is 19.7 Å². The first kappa shape index (κ1) is 15.6. The van der Waals surface area contributed by atoms with Crippen molar-refractivity contribution in [3.8, 4) is 0 Å². The molecular weight excluding hydrogens is 308 g/mol. The Hall–Kier alpha value is -0.910. The molecule has 0 bridgehead atoms. The van der Waals surface area contributed by atoms with Gasteiger partial charge in [-0.3, -0.25) is 9.69 Å². The Bertz CT molecular complexity index is 569. The third kappa shape index (κ3) is 3.62. The number of fused-ring (bicyclic) bond motifs is 1. The Morgan fingerprint density at radius 1 is 1.35 bits per heavy atom. The lowest BCUT2D eigenvalue weighted by Gasteiger charge is -2.44. The maximum atomic E-state index is 12.6. The van der Waals surface area contributed by atoms with Gasteiger partial charge in [0, 0.05) is 53.9 Å². The number of aryl methyl sites for hydroxylation is 1. The van der Waals surface area contributed by atoms with Crippen LogP contribution in [0.1, 0.15) is 35.4 Å². The number of ether oxygens (including phenoxy) is 1. The molecule has 1 amide bonds. The van der Waals surface area contributed by atoms with E-state index in [0.717, 1.165) is 51.9 Å². The number of rotatable bonds is 4. The quantitative estimate of drug-likeness (QED) is 0.920. The summed E-state index contributed by atoms with van der Waals surface area (Å²) in [4.78, 5) is 17.9. The molecule has 1 saturated carbocycles. The van der Waals surface area contributed by atoms with E-state index in [1.807, 2.05) is 11.3 Å². The summed E-state index contributed by atoms with van der Waals surface area (Å²) in [6.07, 6.45) is 4.54. The monoisotopic (exact) mass is 334 g/mol. The van der Waals surface area contributed by atoms with Crippen LogP contribution in [0.3, 0.4) is 0 Å². The van der Waals surface area contributed by atoms with Gasteiger partial charge in [-0.1, -0.05) is 0 Å². The van der Waals surface area contributed by atoms with Crippen molar-refractivity contribution >= 4 is 17.2 Å². The van der Waals surface area contributed by atoms with Crippen LogP contribution in [-0.2, 0) is 16.1 Å². The summed E-state index contributed by atoms with van der Waals surface area (Å²) in [5, 5.41) is 3.21. The predicted octanol–water partition coefficient (Wildman–Crippen LogP) is 2.56. The second-order valence-electron chi connectivity index (χ2n) is 7.29. The van der Waals surface area contributed by atoms with Crippen LogP contribution in [0.15, 0.2) is 12.1 Å². The number of likely N-dealkylation sites (tertiary alicyclic amines) is 1. The molecule has 1 aromatic rings. The number of thiophene rings is 1. The third-order valence-electron chi connectivity index (χ3n) is 5.39. The van der Waals surface area contributed by atoms with E-state index in [2.05, 4.69) is 29.3 Å². The summed E-state index contributed by atoms with van der Waals surface area (Å²) < 4.78 is 5.98. The fourth-order valence-corrected chi connectivity index (χ4v) is 4.91. The highest BCUT2D eigenvalue weighted by Crippen LogP contribution is 2.35. The Labute approximate surface area is 142 Å². The zero-order valence-electron chi connectivity index (χ0n) is 13.8. The van der Waals surface area contributed by atoms with E-state index in [-0.39, 0.29) is 17.9 Å². The molecule has 1 N–H and O–H groups in total. The van der Waals surface area contributed by atoms with Crippen molar-refractivity contribution in [3.05, 3.63) is 21.9 Å². The van der Waals surface area contributed by atoms with Gasteiger partial charge in [0.2, 0.25) is 5.91 Å². The van der Waals surface area contributed by atoms with Crippen LogP contribution in [0, 0.1) is 18.8 Å². The number of carbonyl (C=O) groups excluding carboxylic acids is 1. The van der Waals surface area contributed by atoms with Crippen molar-refractivity contribution in [3.63, 3.8) is 0 Å². The Balaban J connectivity index is 1.41. The summed E-state index contributed by atoms with van der Waals surface area (Å²) >= 11 is 1.88. The van der Waals surface area contributed by atoms with Gasteiger partial charge in [-0.05, 0) is 44.7 Å². The van der Waals surface area contributed by atoms with Gasteiger partial charge >= 0.3 is 0 Å². The molecule has 2 aliphatic heterocycles. The van der Waals surface area contributed by atoms with Gasteiger partial charge < -0.3 is 10.1 Å². The molecule has 3 atom stereocenters. The Morgan fingerprint density at radius 2 is 2.22 bits per heavy atom. The standard InChI is InChI=1S/C18H26N2O2S/c1-12-2-5-14(23-12)10-20-8-6-17-16(11-20)15(7-9-22-17)18(21)19-13-3-4-13/h2,5,13,15-17H,3-4,6-11H2,1H3,(H,19,21)/t15-,16+,17-/m1/s1. The zero-order valence-corrected chi connectivity index (χ0v) is 14.6. The molecule has 0 aromatic carbocycles. The second-order valence-corrected chi connectivity index (χ2v) is 8.66. The van der Waals surface area contributed by atoms with Crippen LogP contribution < -0.4 is 5.32 Å². The normalized spacial score (nSPS) is 31.6. The number of nitrogens with zero attached hydrogens (tertiary/aromatic N) is 1. The minimum atomic E-state index is 0.141. The maximum absolute atomic E-state index is 12.6. The molecule has 3 heterocycles. The minimum Gasteiger partial charge on any atom is -0.378 e. The number of amides is 1. The first-order valence-electron chi connectivity index (χ1n) is 8.88. The van der Waals surface area contributed by atoms with E-state index in [1.165, 1.54) is 9.75 Å². The lowest BCUT2D eigenvalue weighted by Crippen LogP contribution is -2.53. The molecule has 0 radical (unpaired) electrons. The molecule has 1 aromatic heterocycles. The zero-order chi connectivity index (χ0) is 15.8. The smallest absolute Gasteiger partial charge is 0.223 e. The third-order valence-corrected chi connectivity index (χ3v) is 6.38. The van der Waals surface area contributed by atoms with Crippen LogP contribution in [0.25, 0.3) is 0 Å². The average molecular weight is 334 g/mol. The number of carbonyl (C=O) groups is 1. The van der Waals surface area contributed by atoms with Crippen LogP contribution in [-0.4, -0.2) is 42.6 Å². The van der Waals surface area contributed by atoms with Gasteiger partial charge in [0.15, 0.2) is 0 Å². The van der Waals surface area contributed by atoms with Crippen LogP contribution in [0.4, 0.5) is 0 Å². The Kier molecular flexibility index (Phi) is 4.43. The van der Waals surface area contributed by atoms with Crippen molar-refractivity contribution in [1.29, 1.82) is 0 Å². The topological polar surface area (TPSA) is 41.6 Å². The molecule has 2 saturated heterocycles. The molecule has 0 unspecified atom stereocenters. The molecule has 1 aliphatic carbocycles. The molecular formula is C18H26N2O2S. The molecule has 4 rings (SSSR count). The highest BCUT2D eigenvalue weighted by atomic mass is 32.1. The van der Waals surface area contributed by atoms with Crippen molar-refractivity contribution in [2.45, 2.75) is 51.3 Å². The minimum absolute atomic E-state index is 0.141. The fraction of sp³-hybridized carbons (Fsp3) is 0.722. The van der Waals surface area contributed by atoms with E-state index >= 15 is 0 Å². The van der Waals surface area contributed by atoms with E-state index in [9.17, 15) is 4.79 Å². The number of hydrogen-bond acceptors (Lipinski definition) is 4. The predicted molar refractivity (Wildman–Crippen MR) is 91.5 cm³/mol. The number of nitrogens with one attached hydrogen (secondary N) is 1. The van der Waals surface area contributed by atoms with Crippen LogP contribution in [0.2, 0.25) is 0 Å². The molecule has 126 valence electrons. The van der Waals surface area contributed by atoms with Gasteiger partial charge in [-0.2, -0.15) is 0 Å². The highest BCUT2D eigenvalue weighted by Gasteiger charge is 2.42. The lowest BCUT2D eigenvalue weighted by molar-refractivity contribution is -0.142. The van der Waals surface area contributed by atoms with Crippen LogP contribution in [0.5, 0.6) is 0 Å². The second kappa shape index (κ2) is 6.54. The summed E-state index contributed by atoms with van der Waals surface area (Å²) in [7, 11) is 0. The molecule has 3 aliphatic rings. The van der Waals surface area contributed by atoms with Crippen LogP contribution >= 0.6 is 11.3 Å². The maximum Gasteiger partial charge on any atom is 0.223 e. The highest BCUT2D eigenvalue weighted by molar-refractivity contribution is 7.11. The van der Waals surface area contributed by atoms with Crippen molar-refractivity contribution in [1.82, 2.24) is 10.2 Å². The van der Waals surface area contributed by atoms with E-state index in [1.54, 1.807) is 0 Å². The van der Waals surface area contributed by atoms with Gasteiger partial charge in [0.1, 0.15) is 0 Å². The SMILES string of the molecule is Cc1ccc(CN2CC[C@H]3OCC[C@@H](C(=O)NC4CC4)[C@@H]3C2)s1. The summed E-state index contributed by atoms with van der Waals surface area (Å²) in [5.41, 5.74) is 0. The summed E-state index contributed by atoms with van der Waals surface area (Å²) in [6.45, 7) is 5.99. The van der Waals surface area contributed by atoms with Crippen molar-refractivity contribution < 1.29 is 9.53 Å². The van der Waals surface area contributed by atoms with Gasteiger partial charge in [-0.15, -0.1) is 11.3 Å². The van der Waals surface area contributed by atoms with Gasteiger partial charge in [0.25, 0.3) is 0 Å². The fourth-order valence-electron chi connectivity index (χ4n) is 3.98. The van der Waals surface area contributed by atoms with E-state index in [0.29, 0.717) is 12.0 Å². The van der Waals surface area contributed by atoms with Gasteiger partial charge in [0.05, 0.1) is 6.10 Å². The largest absolute Gasteiger partial charge is 0.378 e. The number of hydrogen-bond donors (Lipinski definition) is 1.